The lowest BCUT2D eigenvalue weighted by Crippen LogP contribution is -2.41. The second kappa shape index (κ2) is 9.73. The van der Waals surface area contributed by atoms with Crippen molar-refractivity contribution >= 4 is 23.6 Å². The van der Waals surface area contributed by atoms with E-state index in [2.05, 4.69) is 34.2 Å². The minimum Gasteiger partial charge on any atom is -0.466 e. The second-order valence-electron chi connectivity index (χ2n) is 6.71. The number of rotatable bonds is 7. The molecule has 0 unspecified atom stereocenters. The van der Waals surface area contributed by atoms with Crippen LogP contribution in [0.2, 0.25) is 0 Å². The molecule has 1 N–H and O–H groups in total. The number of thioether (sulfide) groups is 1. The van der Waals surface area contributed by atoms with E-state index in [0.29, 0.717) is 43.5 Å². The Balaban J connectivity index is 1.47. The first kappa shape index (κ1) is 20.4. The molecular formula is C20H26N4O3S. The fraction of sp³-hybridized carbons (Fsp3) is 0.500. The van der Waals surface area contributed by atoms with E-state index in [1.807, 2.05) is 19.1 Å². The summed E-state index contributed by atoms with van der Waals surface area (Å²) in [5.74, 6) is 0.796. The van der Waals surface area contributed by atoms with Crippen LogP contribution >= 0.6 is 11.8 Å². The summed E-state index contributed by atoms with van der Waals surface area (Å²) < 4.78 is 5.07. The number of amides is 1. The molecule has 1 aliphatic rings. The van der Waals surface area contributed by atoms with Crippen molar-refractivity contribution in [2.45, 2.75) is 38.3 Å². The van der Waals surface area contributed by atoms with Gasteiger partial charge in [-0.15, -0.1) is 5.10 Å². The molecule has 7 nitrogen and oxygen atoms in total. The largest absolute Gasteiger partial charge is 0.466 e. The first-order chi connectivity index (χ1) is 13.6. The molecule has 8 heteroatoms. The molecule has 1 aromatic heterocycles. The van der Waals surface area contributed by atoms with Gasteiger partial charge in [0.05, 0.1) is 18.3 Å². The van der Waals surface area contributed by atoms with Gasteiger partial charge in [0.2, 0.25) is 11.1 Å². The number of carbonyl (C=O) groups is 2. The maximum Gasteiger partial charge on any atom is 0.309 e. The van der Waals surface area contributed by atoms with Crippen LogP contribution in [0.1, 0.15) is 32.3 Å². The number of esters is 1. The van der Waals surface area contributed by atoms with E-state index in [1.165, 1.54) is 17.3 Å². The van der Waals surface area contributed by atoms with Crippen molar-refractivity contribution in [3.63, 3.8) is 0 Å². The highest BCUT2D eigenvalue weighted by molar-refractivity contribution is 7.99. The molecule has 28 heavy (non-hydrogen) atoms. The van der Waals surface area contributed by atoms with Gasteiger partial charge in [0, 0.05) is 18.7 Å². The van der Waals surface area contributed by atoms with Gasteiger partial charge in [0.15, 0.2) is 5.82 Å². The Morgan fingerprint density at radius 3 is 2.57 bits per heavy atom. The summed E-state index contributed by atoms with van der Waals surface area (Å²) >= 11 is 1.32. The second-order valence-corrected chi connectivity index (χ2v) is 7.66. The fourth-order valence-electron chi connectivity index (χ4n) is 3.18. The molecule has 1 saturated heterocycles. The van der Waals surface area contributed by atoms with Crippen LogP contribution in [0.3, 0.4) is 0 Å². The number of nitrogens with zero attached hydrogens (tertiary/aromatic N) is 3. The number of aryl methyl sites for hydroxylation is 1. The van der Waals surface area contributed by atoms with Crippen LogP contribution in [0.5, 0.6) is 0 Å². The Morgan fingerprint density at radius 1 is 1.21 bits per heavy atom. The molecule has 1 aliphatic heterocycles. The Hall–Kier alpha value is -2.35. The van der Waals surface area contributed by atoms with Gasteiger partial charge in [-0.25, -0.2) is 4.98 Å². The van der Waals surface area contributed by atoms with E-state index in [0.717, 1.165) is 12.0 Å². The summed E-state index contributed by atoms with van der Waals surface area (Å²) in [4.78, 5) is 30.5. The van der Waals surface area contributed by atoms with E-state index < -0.39 is 0 Å². The topological polar surface area (TPSA) is 88.2 Å². The number of aromatic nitrogens is 3. The van der Waals surface area contributed by atoms with Crippen LogP contribution in [-0.4, -0.2) is 57.4 Å². The van der Waals surface area contributed by atoms with Gasteiger partial charge in [-0.1, -0.05) is 43.0 Å². The Kier molecular flexibility index (Phi) is 7.08. The van der Waals surface area contributed by atoms with Crippen molar-refractivity contribution in [1.82, 2.24) is 20.1 Å². The Labute approximate surface area is 169 Å². The average molecular weight is 403 g/mol. The lowest BCUT2D eigenvalue weighted by molar-refractivity contribution is -0.151. The molecule has 0 bridgehead atoms. The van der Waals surface area contributed by atoms with Crippen LogP contribution < -0.4 is 0 Å². The first-order valence-electron chi connectivity index (χ1n) is 9.69. The van der Waals surface area contributed by atoms with Gasteiger partial charge in [0.1, 0.15) is 0 Å². The van der Waals surface area contributed by atoms with Crippen LogP contribution in [0.25, 0.3) is 11.4 Å². The molecule has 150 valence electrons. The SMILES string of the molecule is CCOC(=O)C1CCN(C(=O)CSc2n[nH]c(-c3ccc(CC)cc3)n2)CC1. The number of benzene rings is 1. The van der Waals surface area contributed by atoms with Gasteiger partial charge in [0.25, 0.3) is 0 Å². The van der Waals surface area contributed by atoms with Gasteiger partial charge in [-0.2, -0.15) is 0 Å². The van der Waals surface area contributed by atoms with Crippen LogP contribution in [0.15, 0.2) is 29.4 Å². The molecular weight excluding hydrogens is 376 g/mol. The number of ether oxygens (including phenoxy) is 1. The van der Waals surface area contributed by atoms with E-state index in [-0.39, 0.29) is 23.5 Å². The highest BCUT2D eigenvalue weighted by atomic mass is 32.2. The standard InChI is InChI=1S/C20H26N4O3S/c1-3-14-5-7-15(8-6-14)18-21-20(23-22-18)28-13-17(25)24-11-9-16(10-12-24)19(26)27-4-2/h5-8,16H,3-4,9-13H2,1-2H3,(H,21,22,23). The molecule has 0 atom stereocenters. The van der Waals surface area contributed by atoms with E-state index in [4.69, 9.17) is 4.74 Å². The number of likely N-dealkylation sites (tertiary alicyclic amines) is 1. The van der Waals surface area contributed by atoms with Crippen LogP contribution in [0.4, 0.5) is 0 Å². The number of H-pyrrole nitrogens is 1. The molecule has 0 saturated carbocycles. The molecule has 0 aliphatic carbocycles. The number of hydrogen-bond donors (Lipinski definition) is 1. The normalized spacial score (nSPS) is 14.9. The van der Waals surface area contributed by atoms with Crippen LogP contribution in [-0.2, 0) is 20.7 Å². The zero-order chi connectivity index (χ0) is 19.9. The van der Waals surface area contributed by atoms with E-state index in [9.17, 15) is 9.59 Å². The van der Waals surface area contributed by atoms with Gasteiger partial charge in [-0.05, 0) is 31.7 Å². The van der Waals surface area contributed by atoms with Crippen molar-refractivity contribution in [2.75, 3.05) is 25.4 Å². The van der Waals surface area contributed by atoms with Crippen molar-refractivity contribution in [1.29, 1.82) is 0 Å². The predicted molar refractivity (Wildman–Crippen MR) is 108 cm³/mol. The molecule has 0 radical (unpaired) electrons. The quantitative estimate of drug-likeness (QED) is 0.566. The van der Waals surface area contributed by atoms with Crippen molar-refractivity contribution in [3.8, 4) is 11.4 Å². The molecule has 0 spiro atoms. The molecule has 1 amide bonds. The minimum absolute atomic E-state index is 0.0472. The summed E-state index contributed by atoms with van der Waals surface area (Å²) in [6.45, 7) is 5.50. The molecule has 1 aromatic carbocycles. The zero-order valence-electron chi connectivity index (χ0n) is 16.3. The Bertz CT molecular complexity index is 798. The first-order valence-corrected chi connectivity index (χ1v) is 10.7. The predicted octanol–water partition coefficient (Wildman–Crippen LogP) is 2.93. The van der Waals surface area contributed by atoms with Gasteiger partial charge < -0.3 is 9.64 Å². The molecule has 2 aromatic rings. The monoisotopic (exact) mass is 402 g/mol. The smallest absolute Gasteiger partial charge is 0.309 e. The summed E-state index contributed by atoms with van der Waals surface area (Å²) in [6, 6.07) is 8.20. The Morgan fingerprint density at radius 2 is 1.93 bits per heavy atom. The summed E-state index contributed by atoms with van der Waals surface area (Å²) in [5.41, 5.74) is 2.25. The average Bonchev–Trinajstić information content (AvgIpc) is 3.21. The third-order valence-corrected chi connectivity index (χ3v) is 5.72. The fourth-order valence-corrected chi connectivity index (χ4v) is 3.88. The number of aromatic amines is 1. The lowest BCUT2D eigenvalue weighted by Gasteiger charge is -2.30. The van der Waals surface area contributed by atoms with E-state index in [1.54, 1.807) is 4.90 Å². The molecule has 1 fully saturated rings. The molecule has 2 heterocycles. The van der Waals surface area contributed by atoms with Gasteiger partial charge >= 0.3 is 5.97 Å². The highest BCUT2D eigenvalue weighted by Gasteiger charge is 2.28. The molecule has 3 rings (SSSR count). The number of hydrogen-bond acceptors (Lipinski definition) is 6. The number of carbonyl (C=O) groups excluding carboxylic acids is 2. The van der Waals surface area contributed by atoms with Crippen molar-refractivity contribution in [2.24, 2.45) is 5.92 Å². The maximum atomic E-state index is 12.4. The minimum atomic E-state index is -0.149. The maximum absolute atomic E-state index is 12.4. The summed E-state index contributed by atoms with van der Waals surface area (Å²) in [6.07, 6.45) is 2.32. The van der Waals surface area contributed by atoms with Crippen LogP contribution in [0, 0.1) is 5.92 Å². The third kappa shape index (κ3) is 5.13. The van der Waals surface area contributed by atoms with E-state index >= 15 is 0 Å². The zero-order valence-corrected chi connectivity index (χ0v) is 17.1. The number of nitrogens with one attached hydrogen (secondary N) is 1. The lowest BCUT2D eigenvalue weighted by atomic mass is 9.97. The summed E-state index contributed by atoms with van der Waals surface area (Å²) in [7, 11) is 0. The van der Waals surface area contributed by atoms with Crippen molar-refractivity contribution in [3.05, 3.63) is 29.8 Å². The van der Waals surface area contributed by atoms with Crippen molar-refractivity contribution < 1.29 is 14.3 Å². The third-order valence-electron chi connectivity index (χ3n) is 4.89. The summed E-state index contributed by atoms with van der Waals surface area (Å²) in [5, 5.41) is 7.70. The highest BCUT2D eigenvalue weighted by Crippen LogP contribution is 2.22. The van der Waals surface area contributed by atoms with Gasteiger partial charge in [-0.3, -0.25) is 14.7 Å². The number of piperidine rings is 1.